The van der Waals surface area contributed by atoms with E-state index in [0.717, 1.165) is 30.1 Å². The number of halogens is 2. The molecule has 1 atom stereocenters. The Bertz CT molecular complexity index is 485. The molecule has 0 spiro atoms. The summed E-state index contributed by atoms with van der Waals surface area (Å²) in [6, 6.07) is 7.85. The monoisotopic (exact) mass is 344 g/mol. The lowest BCUT2D eigenvalue weighted by Gasteiger charge is -2.26. The molecule has 1 saturated heterocycles. The van der Waals surface area contributed by atoms with Crippen LogP contribution < -0.4 is 10.6 Å². The summed E-state index contributed by atoms with van der Waals surface area (Å²) in [5.41, 5.74) is 1.03. The highest BCUT2D eigenvalue weighted by Gasteiger charge is 2.22. The van der Waals surface area contributed by atoms with Crippen LogP contribution in [0.2, 0.25) is 5.02 Å². The van der Waals surface area contributed by atoms with Crippen molar-refractivity contribution in [2.45, 2.75) is 38.5 Å². The van der Waals surface area contributed by atoms with Gasteiger partial charge in [-0.1, -0.05) is 37.6 Å². The van der Waals surface area contributed by atoms with Crippen molar-refractivity contribution in [2.75, 3.05) is 19.6 Å². The zero-order valence-corrected chi connectivity index (χ0v) is 14.9. The highest BCUT2D eigenvalue weighted by atomic mass is 35.5. The van der Waals surface area contributed by atoms with Crippen LogP contribution in [0, 0.1) is 5.92 Å². The van der Waals surface area contributed by atoms with E-state index in [1.165, 1.54) is 6.42 Å². The Morgan fingerprint density at radius 1 is 1.45 bits per heavy atom. The second-order valence-electron chi connectivity index (χ2n) is 6.57. The van der Waals surface area contributed by atoms with Crippen molar-refractivity contribution in [3.63, 3.8) is 0 Å². The van der Waals surface area contributed by atoms with E-state index < -0.39 is 0 Å². The highest BCUT2D eigenvalue weighted by Crippen LogP contribution is 2.25. The Kier molecular flexibility index (Phi) is 7.67. The number of benzene rings is 1. The molecular weight excluding hydrogens is 319 g/mol. The molecule has 1 aromatic carbocycles. The zero-order valence-electron chi connectivity index (χ0n) is 13.3. The van der Waals surface area contributed by atoms with Gasteiger partial charge in [-0.05, 0) is 49.5 Å². The number of carbonyl (C=O) groups is 1. The lowest BCUT2D eigenvalue weighted by Crippen LogP contribution is -2.36. The van der Waals surface area contributed by atoms with Gasteiger partial charge in [0.15, 0.2) is 0 Å². The summed E-state index contributed by atoms with van der Waals surface area (Å²) in [6.45, 7) is 7.03. The first kappa shape index (κ1) is 19.3. The molecular formula is C17H26Cl2N2O. The molecule has 0 aromatic heterocycles. The van der Waals surface area contributed by atoms with Gasteiger partial charge in [0.2, 0.25) is 5.91 Å². The summed E-state index contributed by atoms with van der Waals surface area (Å²) in [4.78, 5) is 12.0. The Labute approximate surface area is 144 Å². The number of carbonyl (C=O) groups excluding carboxylic acids is 1. The van der Waals surface area contributed by atoms with Crippen molar-refractivity contribution in [2.24, 2.45) is 5.92 Å². The van der Waals surface area contributed by atoms with E-state index in [1.54, 1.807) is 0 Å². The van der Waals surface area contributed by atoms with E-state index >= 15 is 0 Å². The average molecular weight is 345 g/mol. The molecule has 2 N–H and O–H groups in total. The normalized spacial score (nSPS) is 17.9. The summed E-state index contributed by atoms with van der Waals surface area (Å²) in [5, 5.41) is 7.13. The Morgan fingerprint density at radius 3 is 2.86 bits per heavy atom. The molecule has 0 saturated carbocycles. The van der Waals surface area contributed by atoms with Crippen molar-refractivity contribution >= 4 is 29.9 Å². The molecule has 124 valence electrons. The van der Waals surface area contributed by atoms with Gasteiger partial charge in [0.05, 0.1) is 0 Å². The first-order valence-electron chi connectivity index (χ1n) is 7.71. The first-order valence-corrected chi connectivity index (χ1v) is 8.08. The maximum Gasteiger partial charge on any atom is 0.220 e. The van der Waals surface area contributed by atoms with E-state index in [9.17, 15) is 4.79 Å². The fourth-order valence-corrected chi connectivity index (χ4v) is 2.91. The largest absolute Gasteiger partial charge is 0.355 e. The number of amides is 1. The third-order valence-corrected chi connectivity index (χ3v) is 4.51. The van der Waals surface area contributed by atoms with Gasteiger partial charge in [-0.3, -0.25) is 4.79 Å². The third-order valence-electron chi connectivity index (χ3n) is 4.28. The highest BCUT2D eigenvalue weighted by molar-refractivity contribution is 6.30. The Morgan fingerprint density at radius 2 is 2.23 bits per heavy atom. The van der Waals surface area contributed by atoms with Crippen molar-refractivity contribution in [3.8, 4) is 0 Å². The van der Waals surface area contributed by atoms with Crippen LogP contribution in [-0.2, 0) is 10.2 Å². The quantitative estimate of drug-likeness (QED) is 0.828. The standard InChI is InChI=1S/C17H25ClN2O.ClH/c1-17(2,14-4-3-5-15(18)10-14)12-20-16(21)7-6-13-8-9-19-11-13;/h3-5,10,13,19H,6-9,11-12H2,1-2H3,(H,20,21);1H. The van der Waals surface area contributed by atoms with E-state index in [2.05, 4.69) is 30.5 Å². The molecule has 2 rings (SSSR count). The van der Waals surface area contributed by atoms with Gasteiger partial charge in [-0.2, -0.15) is 0 Å². The fraction of sp³-hybridized carbons (Fsp3) is 0.588. The molecule has 1 unspecified atom stereocenters. The fourth-order valence-electron chi connectivity index (χ4n) is 2.72. The number of rotatable bonds is 6. The molecule has 22 heavy (non-hydrogen) atoms. The maximum atomic E-state index is 12.0. The lowest BCUT2D eigenvalue weighted by atomic mass is 9.84. The van der Waals surface area contributed by atoms with Gasteiger partial charge >= 0.3 is 0 Å². The Balaban J connectivity index is 0.00000242. The molecule has 0 bridgehead atoms. The summed E-state index contributed by atoms with van der Waals surface area (Å²) in [7, 11) is 0. The predicted molar refractivity (Wildman–Crippen MR) is 94.9 cm³/mol. The van der Waals surface area contributed by atoms with Crippen LogP contribution in [0.4, 0.5) is 0 Å². The molecule has 1 aromatic rings. The predicted octanol–water partition coefficient (Wildman–Crippen LogP) is 3.55. The van der Waals surface area contributed by atoms with Crippen LogP contribution in [0.15, 0.2) is 24.3 Å². The van der Waals surface area contributed by atoms with Crippen LogP contribution in [0.3, 0.4) is 0 Å². The van der Waals surface area contributed by atoms with Gasteiger partial charge < -0.3 is 10.6 Å². The van der Waals surface area contributed by atoms with Crippen LogP contribution >= 0.6 is 24.0 Å². The molecule has 1 heterocycles. The van der Waals surface area contributed by atoms with Crippen molar-refractivity contribution in [3.05, 3.63) is 34.9 Å². The molecule has 1 aliphatic heterocycles. The summed E-state index contributed by atoms with van der Waals surface area (Å²) < 4.78 is 0. The van der Waals surface area contributed by atoms with Gasteiger partial charge in [-0.15, -0.1) is 12.4 Å². The number of hydrogen-bond donors (Lipinski definition) is 2. The van der Waals surface area contributed by atoms with Crippen LogP contribution in [0.25, 0.3) is 0 Å². The molecule has 1 aliphatic rings. The average Bonchev–Trinajstić information content (AvgIpc) is 2.96. The van der Waals surface area contributed by atoms with Crippen LogP contribution in [0.5, 0.6) is 0 Å². The summed E-state index contributed by atoms with van der Waals surface area (Å²) in [5.74, 6) is 0.814. The second-order valence-corrected chi connectivity index (χ2v) is 7.00. The van der Waals surface area contributed by atoms with E-state index in [1.807, 2.05) is 18.2 Å². The molecule has 0 radical (unpaired) electrons. The number of nitrogens with one attached hydrogen (secondary N) is 2. The van der Waals surface area contributed by atoms with E-state index in [4.69, 9.17) is 11.6 Å². The van der Waals surface area contributed by atoms with E-state index in [-0.39, 0.29) is 23.7 Å². The van der Waals surface area contributed by atoms with E-state index in [0.29, 0.717) is 18.9 Å². The minimum atomic E-state index is -0.116. The molecule has 1 amide bonds. The molecule has 5 heteroatoms. The van der Waals surface area contributed by atoms with Crippen LogP contribution in [0.1, 0.15) is 38.7 Å². The van der Waals surface area contributed by atoms with Crippen molar-refractivity contribution in [1.82, 2.24) is 10.6 Å². The third kappa shape index (κ3) is 5.79. The first-order chi connectivity index (χ1) is 9.97. The van der Waals surface area contributed by atoms with Crippen molar-refractivity contribution < 1.29 is 4.79 Å². The molecule has 1 fully saturated rings. The lowest BCUT2D eigenvalue weighted by molar-refractivity contribution is -0.121. The van der Waals surface area contributed by atoms with Crippen molar-refractivity contribution in [1.29, 1.82) is 0 Å². The number of hydrogen-bond acceptors (Lipinski definition) is 2. The van der Waals surface area contributed by atoms with Gasteiger partial charge in [0.25, 0.3) is 0 Å². The minimum Gasteiger partial charge on any atom is -0.355 e. The summed E-state index contributed by atoms with van der Waals surface area (Å²) in [6.07, 6.45) is 2.80. The second kappa shape index (κ2) is 8.76. The Hall–Kier alpha value is -0.770. The molecule has 0 aliphatic carbocycles. The zero-order chi connectivity index (χ0) is 15.3. The summed E-state index contributed by atoms with van der Waals surface area (Å²) >= 11 is 6.04. The van der Waals surface area contributed by atoms with Gasteiger partial charge in [-0.25, -0.2) is 0 Å². The van der Waals surface area contributed by atoms with Gasteiger partial charge in [0.1, 0.15) is 0 Å². The molecule has 3 nitrogen and oxygen atoms in total. The smallest absolute Gasteiger partial charge is 0.220 e. The minimum absolute atomic E-state index is 0. The topological polar surface area (TPSA) is 41.1 Å². The SMILES string of the molecule is CC(C)(CNC(=O)CCC1CCNC1)c1cccc(Cl)c1.Cl. The van der Waals surface area contributed by atoms with Crippen LogP contribution in [-0.4, -0.2) is 25.5 Å². The maximum absolute atomic E-state index is 12.0. The van der Waals surface area contributed by atoms with Gasteiger partial charge in [0, 0.05) is 23.4 Å².